The van der Waals surface area contributed by atoms with Crippen LogP contribution in [0.3, 0.4) is 0 Å². The third-order valence-electron chi connectivity index (χ3n) is 2.49. The van der Waals surface area contributed by atoms with Crippen molar-refractivity contribution in [3.8, 4) is 11.4 Å². The first-order chi connectivity index (χ1) is 7.58. The van der Waals surface area contributed by atoms with Crippen molar-refractivity contribution in [1.29, 1.82) is 0 Å². The lowest BCUT2D eigenvalue weighted by Crippen LogP contribution is -1.92. The lowest BCUT2D eigenvalue weighted by molar-refractivity contribution is 0.833. The molecule has 0 bridgehead atoms. The maximum atomic E-state index is 5.89. The highest BCUT2D eigenvalue weighted by atomic mass is 35.5. The molecule has 0 fully saturated rings. The van der Waals surface area contributed by atoms with Gasteiger partial charge in [0.05, 0.1) is 0 Å². The van der Waals surface area contributed by atoms with Gasteiger partial charge in [-0.25, -0.2) is 4.98 Å². The average molecular weight is 236 g/mol. The van der Waals surface area contributed by atoms with E-state index in [0.29, 0.717) is 16.6 Å². The smallest absolute Gasteiger partial charge is 0.139 e. The van der Waals surface area contributed by atoms with Crippen molar-refractivity contribution in [3.63, 3.8) is 0 Å². The van der Waals surface area contributed by atoms with E-state index in [-0.39, 0.29) is 0 Å². The topological polar surface area (TPSA) is 54.7 Å². The van der Waals surface area contributed by atoms with E-state index in [9.17, 15) is 0 Å². The highest BCUT2D eigenvalue weighted by Gasteiger charge is 2.09. The third-order valence-corrected chi connectivity index (χ3v) is 2.72. The first kappa shape index (κ1) is 11.0. The molecule has 4 heteroatoms. The van der Waals surface area contributed by atoms with Crippen LogP contribution in [0.1, 0.15) is 25.5 Å². The summed E-state index contributed by atoms with van der Waals surface area (Å²) in [5.74, 6) is 1.22. The van der Waals surface area contributed by atoms with Crippen LogP contribution in [0.25, 0.3) is 11.4 Å². The van der Waals surface area contributed by atoms with E-state index >= 15 is 0 Å². The van der Waals surface area contributed by atoms with Crippen LogP contribution in [0.15, 0.2) is 24.4 Å². The van der Waals surface area contributed by atoms with Crippen LogP contribution in [-0.2, 0) is 0 Å². The molecule has 0 atom stereocenters. The van der Waals surface area contributed by atoms with Gasteiger partial charge in [0.25, 0.3) is 0 Å². The molecule has 0 aliphatic carbocycles. The Balaban J connectivity index is 2.42. The van der Waals surface area contributed by atoms with Crippen molar-refractivity contribution in [3.05, 3.63) is 35.1 Å². The Morgan fingerprint density at radius 3 is 2.69 bits per heavy atom. The molecule has 0 unspecified atom stereocenters. The molecule has 0 amide bonds. The van der Waals surface area contributed by atoms with Gasteiger partial charge in [-0.2, -0.15) is 0 Å². The zero-order valence-electron chi connectivity index (χ0n) is 9.29. The number of rotatable bonds is 2. The number of anilines is 1. The molecular weight excluding hydrogens is 222 g/mol. The van der Waals surface area contributed by atoms with Gasteiger partial charge in [0.15, 0.2) is 0 Å². The summed E-state index contributed by atoms with van der Waals surface area (Å²) in [7, 11) is 0. The van der Waals surface area contributed by atoms with Crippen LogP contribution >= 0.6 is 11.6 Å². The summed E-state index contributed by atoms with van der Waals surface area (Å²) in [4.78, 5) is 7.57. The summed E-state index contributed by atoms with van der Waals surface area (Å²) >= 11 is 5.85. The van der Waals surface area contributed by atoms with Crippen molar-refractivity contribution in [2.75, 3.05) is 5.73 Å². The summed E-state index contributed by atoms with van der Waals surface area (Å²) in [6.07, 6.45) is 1.84. The van der Waals surface area contributed by atoms with Crippen LogP contribution in [0.4, 0.5) is 5.69 Å². The van der Waals surface area contributed by atoms with E-state index in [1.807, 2.05) is 18.3 Å². The highest BCUT2D eigenvalue weighted by molar-refractivity contribution is 6.31. The minimum atomic E-state index is 0.426. The number of aromatic amines is 1. The zero-order valence-corrected chi connectivity index (χ0v) is 10.0. The zero-order chi connectivity index (χ0) is 11.7. The van der Waals surface area contributed by atoms with Crippen molar-refractivity contribution >= 4 is 17.3 Å². The molecule has 2 rings (SSSR count). The summed E-state index contributed by atoms with van der Waals surface area (Å²) < 4.78 is 0. The maximum absolute atomic E-state index is 5.89. The number of nitrogens with two attached hydrogens (primary N) is 1. The number of nitrogens with zero attached hydrogens (tertiary/aromatic N) is 1. The van der Waals surface area contributed by atoms with Crippen LogP contribution in [0.5, 0.6) is 0 Å². The molecule has 0 saturated heterocycles. The summed E-state index contributed by atoms with van der Waals surface area (Å²) in [5, 5.41) is 0.636. The largest absolute Gasteiger partial charge is 0.398 e. The number of nitrogens with one attached hydrogen (secondary N) is 1. The second-order valence-corrected chi connectivity index (χ2v) is 4.51. The Kier molecular flexibility index (Phi) is 2.88. The molecule has 3 nitrogen and oxygen atoms in total. The fraction of sp³-hybridized carbons (Fsp3) is 0.250. The quantitative estimate of drug-likeness (QED) is 0.784. The number of imidazole rings is 1. The van der Waals surface area contributed by atoms with Gasteiger partial charge >= 0.3 is 0 Å². The van der Waals surface area contributed by atoms with Gasteiger partial charge in [-0.05, 0) is 24.1 Å². The molecule has 0 spiro atoms. The fourth-order valence-corrected chi connectivity index (χ4v) is 1.70. The van der Waals surface area contributed by atoms with E-state index in [4.69, 9.17) is 17.3 Å². The minimum absolute atomic E-state index is 0.426. The van der Waals surface area contributed by atoms with Crippen LogP contribution in [0.2, 0.25) is 5.02 Å². The van der Waals surface area contributed by atoms with E-state index in [1.165, 1.54) is 0 Å². The molecule has 2 aromatic rings. The molecule has 1 aromatic heterocycles. The molecule has 1 aromatic carbocycles. The summed E-state index contributed by atoms with van der Waals surface area (Å²) in [5.41, 5.74) is 8.52. The second-order valence-electron chi connectivity index (χ2n) is 4.07. The third kappa shape index (κ3) is 2.04. The monoisotopic (exact) mass is 235 g/mol. The van der Waals surface area contributed by atoms with Gasteiger partial charge in [-0.15, -0.1) is 0 Å². The second kappa shape index (κ2) is 4.18. The van der Waals surface area contributed by atoms with Crippen LogP contribution in [0, 0.1) is 0 Å². The summed E-state index contributed by atoms with van der Waals surface area (Å²) in [6, 6.07) is 5.42. The van der Waals surface area contributed by atoms with E-state index in [2.05, 4.69) is 23.8 Å². The molecule has 0 radical (unpaired) electrons. The van der Waals surface area contributed by atoms with E-state index in [1.54, 1.807) is 6.07 Å². The van der Waals surface area contributed by atoms with Gasteiger partial charge in [0.1, 0.15) is 5.82 Å². The van der Waals surface area contributed by atoms with E-state index in [0.717, 1.165) is 17.1 Å². The Morgan fingerprint density at radius 2 is 2.12 bits per heavy atom. The molecule has 0 saturated carbocycles. The Bertz CT molecular complexity index is 503. The normalized spacial score (nSPS) is 11.0. The standard InChI is InChI=1S/C12H14ClN3/c1-7(2)11-6-15-12(16-11)9-4-3-8(13)5-10(9)14/h3-7H,14H2,1-2H3,(H,15,16). The minimum Gasteiger partial charge on any atom is -0.398 e. The number of nitrogen functional groups attached to an aromatic ring is 1. The molecule has 3 N–H and O–H groups in total. The number of halogens is 1. The Morgan fingerprint density at radius 1 is 1.38 bits per heavy atom. The van der Waals surface area contributed by atoms with Gasteiger partial charge in [0, 0.05) is 28.2 Å². The van der Waals surface area contributed by atoms with Crippen LogP contribution in [-0.4, -0.2) is 9.97 Å². The predicted molar refractivity (Wildman–Crippen MR) is 67.5 cm³/mol. The van der Waals surface area contributed by atoms with Gasteiger partial charge < -0.3 is 10.7 Å². The maximum Gasteiger partial charge on any atom is 0.139 e. The number of benzene rings is 1. The van der Waals surface area contributed by atoms with Gasteiger partial charge in [-0.3, -0.25) is 0 Å². The molecule has 16 heavy (non-hydrogen) atoms. The van der Waals surface area contributed by atoms with Crippen molar-refractivity contribution in [2.24, 2.45) is 0 Å². The molecular formula is C12H14ClN3. The van der Waals surface area contributed by atoms with Gasteiger partial charge in [-0.1, -0.05) is 25.4 Å². The predicted octanol–water partition coefficient (Wildman–Crippen LogP) is 3.44. The van der Waals surface area contributed by atoms with Crippen LogP contribution < -0.4 is 5.73 Å². The van der Waals surface area contributed by atoms with Crippen molar-refractivity contribution < 1.29 is 0 Å². The number of hydrogen-bond acceptors (Lipinski definition) is 2. The van der Waals surface area contributed by atoms with Gasteiger partial charge in [0.2, 0.25) is 0 Å². The first-order valence-corrected chi connectivity index (χ1v) is 5.56. The lowest BCUT2D eigenvalue weighted by Gasteiger charge is -2.03. The first-order valence-electron chi connectivity index (χ1n) is 5.18. The average Bonchev–Trinajstić information content (AvgIpc) is 2.66. The molecule has 1 heterocycles. The fourth-order valence-electron chi connectivity index (χ4n) is 1.51. The van der Waals surface area contributed by atoms with E-state index < -0.39 is 0 Å². The summed E-state index contributed by atoms with van der Waals surface area (Å²) in [6.45, 7) is 4.23. The number of aromatic nitrogens is 2. The molecule has 84 valence electrons. The SMILES string of the molecule is CC(C)c1cnc(-c2ccc(Cl)cc2N)[nH]1. The Hall–Kier alpha value is -1.48. The van der Waals surface area contributed by atoms with Crippen molar-refractivity contribution in [1.82, 2.24) is 9.97 Å². The number of hydrogen-bond donors (Lipinski definition) is 2. The Labute approximate surface area is 99.7 Å². The highest BCUT2D eigenvalue weighted by Crippen LogP contribution is 2.27. The molecule has 0 aliphatic rings. The lowest BCUT2D eigenvalue weighted by atomic mass is 10.1. The molecule has 0 aliphatic heterocycles. The van der Waals surface area contributed by atoms with Crippen molar-refractivity contribution in [2.45, 2.75) is 19.8 Å². The number of H-pyrrole nitrogens is 1.